The van der Waals surface area contributed by atoms with Crippen molar-refractivity contribution in [1.82, 2.24) is 5.32 Å². The number of benzene rings is 1. The van der Waals surface area contributed by atoms with Crippen LogP contribution in [0.2, 0.25) is 5.02 Å². The molecule has 0 saturated heterocycles. The second kappa shape index (κ2) is 7.04. The minimum atomic E-state index is -2.99. The Bertz CT molecular complexity index is 506. The number of carbonyl (C=O) groups excluding carboxylic acids is 1. The van der Waals surface area contributed by atoms with Gasteiger partial charge in [-0.2, -0.15) is 8.78 Å². The number of hydrogen-bond acceptors (Lipinski definition) is 3. The number of halogens is 3. The molecule has 116 valence electrons. The third-order valence-corrected chi connectivity index (χ3v) is 3.74. The van der Waals surface area contributed by atoms with E-state index in [1.54, 1.807) is 0 Å². The molecule has 4 nitrogen and oxygen atoms in total. The summed E-state index contributed by atoms with van der Waals surface area (Å²) >= 11 is 5.82. The highest BCUT2D eigenvalue weighted by molar-refractivity contribution is 6.31. The predicted molar refractivity (Wildman–Crippen MR) is 75.8 cm³/mol. The lowest BCUT2D eigenvalue weighted by molar-refractivity contribution is -0.0501. The molecule has 1 saturated carbocycles. The molecule has 0 aliphatic heterocycles. The lowest BCUT2D eigenvalue weighted by atomic mass is 9.91. The van der Waals surface area contributed by atoms with Crippen LogP contribution in [0.25, 0.3) is 0 Å². The maximum absolute atomic E-state index is 12.4. The zero-order valence-electron chi connectivity index (χ0n) is 11.3. The average Bonchev–Trinajstić information content (AvgIpc) is 2.43. The molecule has 1 aromatic rings. The molecule has 3 N–H and O–H groups in total. The van der Waals surface area contributed by atoms with Crippen LogP contribution < -0.4 is 15.8 Å². The number of hydrogen-bond donors (Lipinski definition) is 2. The second-order valence-corrected chi connectivity index (χ2v) is 5.54. The third kappa shape index (κ3) is 4.54. The van der Waals surface area contributed by atoms with Crippen LogP contribution in [0.5, 0.6) is 5.75 Å². The first-order valence-corrected chi connectivity index (χ1v) is 7.14. The van der Waals surface area contributed by atoms with Crippen LogP contribution in [0, 0.1) is 0 Å². The van der Waals surface area contributed by atoms with E-state index < -0.39 is 12.5 Å². The summed E-state index contributed by atoms with van der Waals surface area (Å²) in [5, 5.41) is 3.10. The van der Waals surface area contributed by atoms with Crippen LogP contribution in [0.3, 0.4) is 0 Å². The van der Waals surface area contributed by atoms with Gasteiger partial charge in [-0.25, -0.2) is 0 Å². The maximum Gasteiger partial charge on any atom is 0.387 e. The number of amides is 1. The van der Waals surface area contributed by atoms with Crippen LogP contribution in [0.4, 0.5) is 8.78 Å². The van der Waals surface area contributed by atoms with Crippen molar-refractivity contribution in [2.45, 2.75) is 44.4 Å². The first-order valence-electron chi connectivity index (χ1n) is 6.76. The zero-order chi connectivity index (χ0) is 15.4. The Labute approximate surface area is 126 Å². The molecule has 2 rings (SSSR count). The summed E-state index contributed by atoms with van der Waals surface area (Å²) < 4.78 is 29.1. The minimum absolute atomic E-state index is 0.00400. The number of alkyl halides is 2. The normalized spacial score (nSPS) is 22.1. The van der Waals surface area contributed by atoms with Crippen molar-refractivity contribution in [1.29, 1.82) is 0 Å². The van der Waals surface area contributed by atoms with E-state index in [0.717, 1.165) is 25.7 Å². The quantitative estimate of drug-likeness (QED) is 0.897. The van der Waals surface area contributed by atoms with Gasteiger partial charge in [-0.3, -0.25) is 4.79 Å². The average molecular weight is 319 g/mol. The molecule has 7 heteroatoms. The first kappa shape index (κ1) is 16.0. The van der Waals surface area contributed by atoms with E-state index in [9.17, 15) is 13.6 Å². The molecule has 0 heterocycles. The fourth-order valence-electron chi connectivity index (χ4n) is 2.41. The van der Waals surface area contributed by atoms with Crippen LogP contribution in [0.15, 0.2) is 18.2 Å². The van der Waals surface area contributed by atoms with Gasteiger partial charge in [0.15, 0.2) is 0 Å². The molecular weight excluding hydrogens is 302 g/mol. The van der Waals surface area contributed by atoms with Gasteiger partial charge in [0.05, 0.1) is 5.56 Å². The fraction of sp³-hybridized carbons (Fsp3) is 0.500. The fourth-order valence-corrected chi connectivity index (χ4v) is 2.58. The molecule has 0 unspecified atom stereocenters. The molecule has 0 bridgehead atoms. The molecule has 1 aliphatic carbocycles. The van der Waals surface area contributed by atoms with E-state index in [0.29, 0.717) is 0 Å². The minimum Gasteiger partial charge on any atom is -0.434 e. The van der Waals surface area contributed by atoms with Gasteiger partial charge in [0, 0.05) is 17.1 Å². The van der Waals surface area contributed by atoms with Crippen LogP contribution >= 0.6 is 11.6 Å². The van der Waals surface area contributed by atoms with E-state index in [2.05, 4.69) is 10.1 Å². The van der Waals surface area contributed by atoms with Gasteiger partial charge in [-0.05, 0) is 43.9 Å². The maximum atomic E-state index is 12.4. The summed E-state index contributed by atoms with van der Waals surface area (Å²) in [6, 6.07) is 4.15. The number of rotatable bonds is 4. The highest BCUT2D eigenvalue weighted by atomic mass is 35.5. The van der Waals surface area contributed by atoms with Crippen molar-refractivity contribution >= 4 is 17.5 Å². The number of nitrogens with one attached hydrogen (secondary N) is 1. The number of nitrogens with two attached hydrogens (primary N) is 1. The Morgan fingerprint density at radius 1 is 1.33 bits per heavy atom. The summed E-state index contributed by atoms with van der Waals surface area (Å²) in [7, 11) is 0. The third-order valence-electron chi connectivity index (χ3n) is 3.51. The molecule has 0 radical (unpaired) electrons. The Morgan fingerprint density at radius 2 is 2.00 bits per heavy atom. The van der Waals surface area contributed by atoms with Crippen molar-refractivity contribution < 1.29 is 18.3 Å². The van der Waals surface area contributed by atoms with E-state index in [1.807, 2.05) is 0 Å². The Kier molecular flexibility index (Phi) is 5.36. The summed E-state index contributed by atoms with van der Waals surface area (Å²) in [5.41, 5.74) is 5.82. The monoisotopic (exact) mass is 318 g/mol. The van der Waals surface area contributed by atoms with Crippen molar-refractivity contribution in [3.8, 4) is 5.75 Å². The van der Waals surface area contributed by atoms with Gasteiger partial charge in [-0.1, -0.05) is 11.6 Å². The smallest absolute Gasteiger partial charge is 0.387 e. The standard InChI is InChI=1S/C14H17ClF2N2O2/c15-8-1-6-12(21-14(16)17)11(7-8)13(20)19-10-4-2-9(18)3-5-10/h1,6-7,9-10,14H,2-5,18H2,(H,19,20). The topological polar surface area (TPSA) is 64.3 Å². The van der Waals surface area contributed by atoms with Crippen molar-refractivity contribution in [3.63, 3.8) is 0 Å². The Balaban J connectivity index is 2.08. The number of carbonyl (C=O) groups is 1. The van der Waals surface area contributed by atoms with Gasteiger partial charge in [-0.15, -0.1) is 0 Å². The molecule has 0 spiro atoms. The lowest BCUT2D eigenvalue weighted by Gasteiger charge is -2.27. The summed E-state index contributed by atoms with van der Waals surface area (Å²) in [6.07, 6.45) is 3.22. The molecule has 1 aliphatic rings. The highest BCUT2D eigenvalue weighted by Gasteiger charge is 2.23. The Morgan fingerprint density at radius 3 is 2.62 bits per heavy atom. The Hall–Kier alpha value is -1.40. The summed E-state index contributed by atoms with van der Waals surface area (Å²) in [5.74, 6) is -0.645. The van der Waals surface area contributed by atoms with Gasteiger partial charge >= 0.3 is 6.61 Å². The number of ether oxygens (including phenoxy) is 1. The van der Waals surface area contributed by atoms with Gasteiger partial charge in [0.2, 0.25) is 0 Å². The SMILES string of the molecule is NC1CCC(NC(=O)c2cc(Cl)ccc2OC(F)F)CC1. The largest absolute Gasteiger partial charge is 0.434 e. The summed E-state index contributed by atoms with van der Waals surface area (Å²) in [4.78, 5) is 12.2. The highest BCUT2D eigenvalue weighted by Crippen LogP contribution is 2.25. The molecule has 1 fully saturated rings. The molecule has 0 aromatic heterocycles. The van der Waals surface area contributed by atoms with E-state index in [-0.39, 0.29) is 28.4 Å². The van der Waals surface area contributed by atoms with Crippen molar-refractivity contribution in [2.24, 2.45) is 5.73 Å². The molecule has 1 amide bonds. The van der Waals surface area contributed by atoms with Gasteiger partial charge in [0.1, 0.15) is 5.75 Å². The van der Waals surface area contributed by atoms with E-state index in [4.69, 9.17) is 17.3 Å². The molecular formula is C14H17ClF2N2O2. The van der Waals surface area contributed by atoms with Gasteiger partial charge < -0.3 is 15.8 Å². The second-order valence-electron chi connectivity index (χ2n) is 5.10. The lowest BCUT2D eigenvalue weighted by Crippen LogP contribution is -2.40. The van der Waals surface area contributed by atoms with Crippen LogP contribution in [0.1, 0.15) is 36.0 Å². The van der Waals surface area contributed by atoms with Crippen LogP contribution in [-0.2, 0) is 0 Å². The predicted octanol–water partition coefficient (Wildman–Crippen LogP) is 2.94. The van der Waals surface area contributed by atoms with E-state index >= 15 is 0 Å². The summed E-state index contributed by atoms with van der Waals surface area (Å²) in [6.45, 7) is -2.99. The molecule has 0 atom stereocenters. The molecule has 1 aromatic carbocycles. The zero-order valence-corrected chi connectivity index (χ0v) is 12.1. The molecule has 21 heavy (non-hydrogen) atoms. The first-order chi connectivity index (χ1) is 9.95. The van der Waals surface area contributed by atoms with E-state index in [1.165, 1.54) is 18.2 Å². The van der Waals surface area contributed by atoms with Crippen molar-refractivity contribution in [2.75, 3.05) is 0 Å². The van der Waals surface area contributed by atoms with Gasteiger partial charge in [0.25, 0.3) is 5.91 Å². The van der Waals surface area contributed by atoms with Crippen molar-refractivity contribution in [3.05, 3.63) is 28.8 Å². The van der Waals surface area contributed by atoms with Crippen LogP contribution in [-0.4, -0.2) is 24.6 Å².